The molecule has 1 N–H and O–H groups in total. The Morgan fingerprint density at radius 1 is 0.314 bits per heavy atom. The first-order valence-electron chi connectivity index (χ1n) is 17.0. The van der Waals surface area contributed by atoms with Gasteiger partial charge in [0.05, 0.1) is 0 Å². The van der Waals surface area contributed by atoms with Crippen LogP contribution in [0, 0.1) is 5.92 Å². The number of rotatable bonds is 31. The first kappa shape index (κ1) is 35.0. The zero-order valence-corrected chi connectivity index (χ0v) is 24.9. The van der Waals surface area contributed by atoms with E-state index in [2.05, 4.69) is 13.8 Å². The van der Waals surface area contributed by atoms with Crippen LogP contribution >= 0.6 is 0 Å². The van der Waals surface area contributed by atoms with Crippen LogP contribution in [0.1, 0.15) is 206 Å². The summed E-state index contributed by atoms with van der Waals surface area (Å²) in [4.78, 5) is 0. The third-order valence-corrected chi connectivity index (χ3v) is 8.20. The zero-order chi connectivity index (χ0) is 25.5. The van der Waals surface area contributed by atoms with Crippen molar-refractivity contribution < 1.29 is 5.11 Å². The monoisotopic (exact) mass is 495 g/mol. The minimum absolute atomic E-state index is 0.377. The first-order valence-corrected chi connectivity index (χ1v) is 17.0. The van der Waals surface area contributed by atoms with E-state index in [-0.39, 0.29) is 0 Å². The molecular weight excluding hydrogens is 424 g/mol. The molecule has 0 radical (unpaired) electrons. The van der Waals surface area contributed by atoms with E-state index in [0.29, 0.717) is 6.61 Å². The second kappa shape index (κ2) is 32.0. The van der Waals surface area contributed by atoms with Gasteiger partial charge in [-0.15, -0.1) is 0 Å². The highest BCUT2D eigenvalue weighted by Crippen LogP contribution is 2.24. The molecule has 0 aliphatic heterocycles. The third kappa shape index (κ3) is 30.1. The van der Waals surface area contributed by atoms with Crippen molar-refractivity contribution in [1.29, 1.82) is 0 Å². The average Bonchev–Trinajstić information content (AvgIpc) is 2.87. The predicted molar refractivity (Wildman–Crippen MR) is 160 cm³/mol. The van der Waals surface area contributed by atoms with E-state index >= 15 is 0 Å². The largest absolute Gasteiger partial charge is 0.396 e. The highest BCUT2D eigenvalue weighted by Gasteiger charge is 2.08. The molecule has 1 heteroatoms. The van der Waals surface area contributed by atoms with Crippen molar-refractivity contribution in [2.75, 3.05) is 6.61 Å². The van der Waals surface area contributed by atoms with Gasteiger partial charge in [0.25, 0.3) is 0 Å². The van der Waals surface area contributed by atoms with E-state index in [1.165, 1.54) is 186 Å². The summed E-state index contributed by atoms with van der Waals surface area (Å²) in [5, 5.41) is 9.08. The summed E-state index contributed by atoms with van der Waals surface area (Å²) >= 11 is 0. The molecule has 1 unspecified atom stereocenters. The van der Waals surface area contributed by atoms with E-state index in [1.807, 2.05) is 0 Å². The Morgan fingerprint density at radius 2 is 0.543 bits per heavy atom. The Hall–Kier alpha value is -0.0400. The minimum Gasteiger partial charge on any atom is -0.396 e. The van der Waals surface area contributed by atoms with Gasteiger partial charge in [0.2, 0.25) is 0 Å². The molecular formula is C34H70O. The van der Waals surface area contributed by atoms with Crippen LogP contribution in [0.15, 0.2) is 0 Å². The van der Waals surface area contributed by atoms with E-state index in [0.717, 1.165) is 12.3 Å². The third-order valence-electron chi connectivity index (χ3n) is 8.20. The van der Waals surface area contributed by atoms with Crippen molar-refractivity contribution in [1.82, 2.24) is 0 Å². The summed E-state index contributed by atoms with van der Waals surface area (Å²) in [6.07, 6.45) is 42.8. The Kier molecular flexibility index (Phi) is 32.0. The second-order valence-electron chi connectivity index (χ2n) is 11.8. The smallest absolute Gasteiger partial charge is 0.0431 e. The number of aliphatic hydroxyl groups excluding tert-OH is 1. The molecule has 0 heterocycles. The van der Waals surface area contributed by atoms with E-state index in [9.17, 15) is 0 Å². The predicted octanol–water partition coefficient (Wildman–Crippen LogP) is 12.3. The van der Waals surface area contributed by atoms with Gasteiger partial charge in [-0.25, -0.2) is 0 Å². The van der Waals surface area contributed by atoms with Crippen LogP contribution < -0.4 is 0 Å². The first-order chi connectivity index (χ1) is 17.3. The second-order valence-corrected chi connectivity index (χ2v) is 11.8. The van der Waals surface area contributed by atoms with Crippen LogP contribution in [-0.2, 0) is 0 Å². The molecule has 35 heavy (non-hydrogen) atoms. The summed E-state index contributed by atoms with van der Waals surface area (Å²) in [6.45, 7) is 4.99. The Morgan fingerprint density at radius 3 is 0.800 bits per heavy atom. The lowest BCUT2D eigenvalue weighted by atomic mass is 9.89. The van der Waals surface area contributed by atoms with E-state index in [1.54, 1.807) is 0 Å². The van der Waals surface area contributed by atoms with Gasteiger partial charge in [0, 0.05) is 6.61 Å². The van der Waals surface area contributed by atoms with Crippen LogP contribution in [0.3, 0.4) is 0 Å². The number of hydrogen-bond donors (Lipinski definition) is 1. The molecule has 1 nitrogen and oxygen atoms in total. The van der Waals surface area contributed by atoms with Crippen LogP contribution in [-0.4, -0.2) is 11.7 Å². The molecule has 0 bridgehead atoms. The lowest BCUT2D eigenvalue weighted by Crippen LogP contribution is -2.02. The Bertz CT molecular complexity index is 352. The van der Waals surface area contributed by atoms with Gasteiger partial charge in [0.1, 0.15) is 0 Å². The molecule has 0 rings (SSSR count). The fourth-order valence-corrected chi connectivity index (χ4v) is 5.70. The molecule has 0 saturated heterocycles. The summed E-state index contributed by atoms with van der Waals surface area (Å²) in [6, 6.07) is 0. The normalized spacial score (nSPS) is 12.4. The van der Waals surface area contributed by atoms with Gasteiger partial charge >= 0.3 is 0 Å². The number of hydrogen-bond acceptors (Lipinski definition) is 1. The van der Waals surface area contributed by atoms with E-state index < -0.39 is 0 Å². The molecule has 0 saturated carbocycles. The van der Waals surface area contributed by atoms with Gasteiger partial charge in [0.15, 0.2) is 0 Å². The summed E-state index contributed by atoms with van der Waals surface area (Å²) < 4.78 is 0. The van der Waals surface area contributed by atoms with Gasteiger partial charge in [-0.1, -0.05) is 200 Å². The van der Waals surface area contributed by atoms with Crippen LogP contribution in [0.25, 0.3) is 0 Å². The maximum atomic E-state index is 9.08. The van der Waals surface area contributed by atoms with Gasteiger partial charge in [-0.05, 0) is 12.3 Å². The average molecular weight is 495 g/mol. The molecule has 0 aromatic carbocycles. The maximum absolute atomic E-state index is 9.08. The molecule has 0 aromatic rings. The zero-order valence-electron chi connectivity index (χ0n) is 24.9. The molecule has 0 aliphatic carbocycles. The molecule has 0 amide bonds. The Labute approximate surface area is 224 Å². The molecule has 0 aromatic heterocycles. The topological polar surface area (TPSA) is 20.2 Å². The summed E-state index contributed by atoms with van der Waals surface area (Å²) in [5.74, 6) is 0.958. The van der Waals surface area contributed by atoms with Crippen LogP contribution in [0.2, 0.25) is 0 Å². The highest BCUT2D eigenvalue weighted by atomic mass is 16.2. The summed E-state index contributed by atoms with van der Waals surface area (Å²) in [7, 11) is 0. The molecule has 1 atom stereocenters. The van der Waals surface area contributed by atoms with Gasteiger partial charge in [-0.3, -0.25) is 0 Å². The maximum Gasteiger partial charge on any atom is 0.0431 e. The highest BCUT2D eigenvalue weighted by molar-refractivity contribution is 4.62. The lowest BCUT2D eigenvalue weighted by molar-refractivity contribution is 0.278. The SMILES string of the molecule is CCCCCCCCCCCCCCCCC(CCCCCO)CCCCCCCCCCCC. The molecule has 212 valence electrons. The lowest BCUT2D eigenvalue weighted by Gasteiger charge is -2.17. The van der Waals surface area contributed by atoms with E-state index in [4.69, 9.17) is 5.11 Å². The van der Waals surface area contributed by atoms with Crippen molar-refractivity contribution in [2.45, 2.75) is 206 Å². The number of unbranched alkanes of at least 4 members (excludes halogenated alkanes) is 24. The van der Waals surface area contributed by atoms with Crippen molar-refractivity contribution in [3.63, 3.8) is 0 Å². The van der Waals surface area contributed by atoms with Crippen LogP contribution in [0.5, 0.6) is 0 Å². The van der Waals surface area contributed by atoms with Crippen molar-refractivity contribution in [3.8, 4) is 0 Å². The standard InChI is InChI=1S/C34H70O/c1-3-5-7-9-11-13-15-16-17-18-20-22-24-27-31-34(32-28-25-29-33-35)30-26-23-21-19-14-12-10-8-6-4-2/h34-35H,3-33H2,1-2H3. The Balaban J connectivity index is 3.63. The molecule has 0 spiro atoms. The summed E-state index contributed by atoms with van der Waals surface area (Å²) in [5.41, 5.74) is 0. The fourth-order valence-electron chi connectivity index (χ4n) is 5.70. The van der Waals surface area contributed by atoms with Crippen molar-refractivity contribution >= 4 is 0 Å². The fraction of sp³-hybridized carbons (Fsp3) is 1.00. The number of aliphatic hydroxyl groups is 1. The minimum atomic E-state index is 0.377. The van der Waals surface area contributed by atoms with Crippen LogP contribution in [0.4, 0.5) is 0 Å². The van der Waals surface area contributed by atoms with Crippen molar-refractivity contribution in [2.24, 2.45) is 5.92 Å². The molecule has 0 fully saturated rings. The van der Waals surface area contributed by atoms with Gasteiger partial charge in [-0.2, -0.15) is 0 Å². The quantitative estimate of drug-likeness (QED) is 0.0950. The van der Waals surface area contributed by atoms with Gasteiger partial charge < -0.3 is 5.11 Å². The molecule has 0 aliphatic rings. The van der Waals surface area contributed by atoms with Crippen molar-refractivity contribution in [3.05, 3.63) is 0 Å².